The fourth-order valence-corrected chi connectivity index (χ4v) is 6.00. The standard InChI is InChI=1S/C21H30N2O4S/c1-2-28(25,26)23-13-9-21(10-14-23)16-17(15-20(24)22-11-5-6-12-22)18-7-3-4-8-19(18)27-21/h3-4,7-8,17H,2,5-6,9-16H2,1H3/t17-/m0/s1. The van der Waals surface area contributed by atoms with E-state index in [1.54, 1.807) is 11.2 Å². The molecule has 0 saturated carbocycles. The molecule has 154 valence electrons. The predicted octanol–water partition coefficient (Wildman–Crippen LogP) is 2.75. The number of ether oxygens (including phenoxy) is 1. The average Bonchev–Trinajstić information content (AvgIpc) is 3.23. The average molecular weight is 407 g/mol. The highest BCUT2D eigenvalue weighted by Gasteiger charge is 2.45. The molecule has 3 aliphatic rings. The molecule has 1 aromatic rings. The van der Waals surface area contributed by atoms with Gasteiger partial charge in [0.05, 0.1) is 5.75 Å². The van der Waals surface area contributed by atoms with Gasteiger partial charge in [0.15, 0.2) is 0 Å². The monoisotopic (exact) mass is 406 g/mol. The molecule has 0 radical (unpaired) electrons. The predicted molar refractivity (Wildman–Crippen MR) is 108 cm³/mol. The minimum Gasteiger partial charge on any atom is -0.487 e. The van der Waals surface area contributed by atoms with Crippen molar-refractivity contribution < 1.29 is 17.9 Å². The maximum Gasteiger partial charge on any atom is 0.223 e. The van der Waals surface area contributed by atoms with Crippen LogP contribution in [0.3, 0.4) is 0 Å². The van der Waals surface area contributed by atoms with Crippen LogP contribution in [0.15, 0.2) is 24.3 Å². The lowest BCUT2D eigenvalue weighted by molar-refractivity contribution is -0.131. The zero-order chi connectivity index (χ0) is 19.8. The number of para-hydroxylation sites is 1. The zero-order valence-corrected chi connectivity index (χ0v) is 17.4. The van der Waals surface area contributed by atoms with Gasteiger partial charge in [-0.2, -0.15) is 0 Å². The van der Waals surface area contributed by atoms with Gasteiger partial charge in [-0.15, -0.1) is 0 Å². The van der Waals surface area contributed by atoms with E-state index < -0.39 is 10.0 Å². The van der Waals surface area contributed by atoms with Crippen molar-refractivity contribution in [2.24, 2.45) is 0 Å². The van der Waals surface area contributed by atoms with E-state index in [1.807, 2.05) is 23.1 Å². The van der Waals surface area contributed by atoms with Gasteiger partial charge in [-0.25, -0.2) is 12.7 Å². The van der Waals surface area contributed by atoms with Crippen molar-refractivity contribution in [2.75, 3.05) is 31.9 Å². The molecule has 1 atom stereocenters. The van der Waals surface area contributed by atoms with Crippen LogP contribution in [0.1, 0.15) is 56.9 Å². The lowest BCUT2D eigenvalue weighted by atomic mass is 9.76. The number of carbonyl (C=O) groups excluding carboxylic acids is 1. The molecule has 1 spiro atoms. The molecule has 6 nitrogen and oxygen atoms in total. The second kappa shape index (κ2) is 7.67. The van der Waals surface area contributed by atoms with E-state index in [9.17, 15) is 13.2 Å². The highest BCUT2D eigenvalue weighted by molar-refractivity contribution is 7.89. The summed E-state index contributed by atoms with van der Waals surface area (Å²) in [5, 5.41) is 0. The number of hydrogen-bond donors (Lipinski definition) is 0. The van der Waals surface area contributed by atoms with Gasteiger partial charge >= 0.3 is 0 Å². The van der Waals surface area contributed by atoms with Gasteiger partial charge in [0, 0.05) is 51.4 Å². The summed E-state index contributed by atoms with van der Waals surface area (Å²) in [6, 6.07) is 8.03. The topological polar surface area (TPSA) is 66.9 Å². The van der Waals surface area contributed by atoms with Crippen molar-refractivity contribution in [2.45, 2.75) is 57.0 Å². The number of amides is 1. The fourth-order valence-electron chi connectivity index (χ4n) is 4.89. The maximum absolute atomic E-state index is 12.8. The zero-order valence-electron chi connectivity index (χ0n) is 16.6. The molecule has 0 aliphatic carbocycles. The Hall–Kier alpha value is -1.60. The smallest absolute Gasteiger partial charge is 0.223 e. The molecule has 3 aliphatic heterocycles. The Bertz CT molecular complexity index is 825. The first-order chi connectivity index (χ1) is 13.4. The summed E-state index contributed by atoms with van der Waals surface area (Å²) in [5.41, 5.74) is 0.744. The summed E-state index contributed by atoms with van der Waals surface area (Å²) in [5.74, 6) is 1.36. The van der Waals surface area contributed by atoms with Crippen molar-refractivity contribution in [3.63, 3.8) is 0 Å². The van der Waals surface area contributed by atoms with Gasteiger partial charge in [0.25, 0.3) is 0 Å². The van der Waals surface area contributed by atoms with Crippen LogP contribution in [0, 0.1) is 0 Å². The molecular weight excluding hydrogens is 376 g/mol. The second-order valence-electron chi connectivity index (χ2n) is 8.32. The van der Waals surface area contributed by atoms with Crippen LogP contribution in [0.4, 0.5) is 0 Å². The molecule has 28 heavy (non-hydrogen) atoms. The molecule has 0 bridgehead atoms. The van der Waals surface area contributed by atoms with Crippen LogP contribution in [0.5, 0.6) is 5.75 Å². The van der Waals surface area contributed by atoms with Crippen LogP contribution >= 0.6 is 0 Å². The summed E-state index contributed by atoms with van der Waals surface area (Å²) in [6.45, 7) is 4.42. The number of piperidine rings is 1. The van der Waals surface area contributed by atoms with Crippen LogP contribution in [0.25, 0.3) is 0 Å². The van der Waals surface area contributed by atoms with Crippen molar-refractivity contribution in [3.05, 3.63) is 29.8 Å². The number of carbonyl (C=O) groups is 1. The van der Waals surface area contributed by atoms with E-state index in [2.05, 4.69) is 6.07 Å². The second-order valence-corrected chi connectivity index (χ2v) is 10.6. The Kier molecular flexibility index (Phi) is 5.40. The Balaban J connectivity index is 1.53. The number of hydrogen-bond acceptors (Lipinski definition) is 4. The summed E-state index contributed by atoms with van der Waals surface area (Å²) in [7, 11) is -3.16. The van der Waals surface area contributed by atoms with E-state index in [0.717, 1.165) is 43.7 Å². The van der Waals surface area contributed by atoms with Crippen LogP contribution in [-0.2, 0) is 14.8 Å². The number of benzene rings is 1. The van der Waals surface area contributed by atoms with E-state index in [0.29, 0.717) is 32.4 Å². The quantitative estimate of drug-likeness (QED) is 0.771. The number of nitrogens with zero attached hydrogens (tertiary/aromatic N) is 2. The summed E-state index contributed by atoms with van der Waals surface area (Å²) in [4.78, 5) is 14.8. The van der Waals surface area contributed by atoms with E-state index in [1.165, 1.54) is 0 Å². The van der Waals surface area contributed by atoms with Gasteiger partial charge in [-0.05, 0) is 37.8 Å². The molecule has 1 amide bonds. The normalized spacial score (nSPS) is 24.8. The molecule has 7 heteroatoms. The van der Waals surface area contributed by atoms with Gasteiger partial charge in [-0.3, -0.25) is 4.79 Å². The fraction of sp³-hybridized carbons (Fsp3) is 0.667. The van der Waals surface area contributed by atoms with Crippen molar-refractivity contribution in [1.29, 1.82) is 0 Å². The molecule has 2 fully saturated rings. The third-order valence-electron chi connectivity index (χ3n) is 6.58. The molecular formula is C21H30N2O4S. The van der Waals surface area contributed by atoms with Crippen LogP contribution in [-0.4, -0.2) is 61.1 Å². The lowest BCUT2D eigenvalue weighted by Gasteiger charge is -2.46. The van der Waals surface area contributed by atoms with E-state index >= 15 is 0 Å². The number of likely N-dealkylation sites (tertiary alicyclic amines) is 1. The molecule has 2 saturated heterocycles. The molecule has 4 rings (SSSR count). The minimum atomic E-state index is -3.16. The number of sulfonamides is 1. The highest BCUT2D eigenvalue weighted by atomic mass is 32.2. The third-order valence-corrected chi connectivity index (χ3v) is 8.46. The minimum absolute atomic E-state index is 0.132. The van der Waals surface area contributed by atoms with Gasteiger partial charge in [0.1, 0.15) is 11.4 Å². The van der Waals surface area contributed by atoms with Crippen LogP contribution < -0.4 is 4.74 Å². The van der Waals surface area contributed by atoms with Gasteiger partial charge < -0.3 is 9.64 Å². The Morgan fingerprint density at radius 1 is 1.14 bits per heavy atom. The van der Waals surface area contributed by atoms with Crippen LogP contribution in [0.2, 0.25) is 0 Å². The largest absolute Gasteiger partial charge is 0.487 e. The SMILES string of the molecule is CCS(=O)(=O)N1CCC2(CC1)C[C@H](CC(=O)N1CCCC1)c1ccccc1O2. The van der Waals surface area contributed by atoms with E-state index in [4.69, 9.17) is 4.74 Å². The first-order valence-electron chi connectivity index (χ1n) is 10.5. The Morgan fingerprint density at radius 3 is 2.50 bits per heavy atom. The summed E-state index contributed by atoms with van der Waals surface area (Å²) < 4.78 is 32.5. The molecule has 0 aromatic heterocycles. The Morgan fingerprint density at radius 2 is 1.82 bits per heavy atom. The van der Waals surface area contributed by atoms with Gasteiger partial charge in [0.2, 0.25) is 15.9 Å². The number of fused-ring (bicyclic) bond motifs is 1. The highest BCUT2D eigenvalue weighted by Crippen LogP contribution is 2.47. The molecule has 3 heterocycles. The molecule has 1 aromatic carbocycles. The van der Waals surface area contributed by atoms with Crippen molar-refractivity contribution in [3.8, 4) is 5.75 Å². The molecule has 0 N–H and O–H groups in total. The van der Waals surface area contributed by atoms with Crippen molar-refractivity contribution in [1.82, 2.24) is 9.21 Å². The third kappa shape index (κ3) is 3.79. The number of rotatable bonds is 4. The van der Waals surface area contributed by atoms with E-state index in [-0.39, 0.29) is 23.2 Å². The molecule has 0 unspecified atom stereocenters. The van der Waals surface area contributed by atoms with Crippen molar-refractivity contribution >= 4 is 15.9 Å². The summed E-state index contributed by atoms with van der Waals surface area (Å²) in [6.07, 6.45) is 4.84. The lowest BCUT2D eigenvalue weighted by Crippen LogP contribution is -2.52. The van der Waals surface area contributed by atoms with Gasteiger partial charge in [-0.1, -0.05) is 18.2 Å². The first-order valence-corrected chi connectivity index (χ1v) is 12.1. The maximum atomic E-state index is 12.8. The Labute approximate surface area is 167 Å². The first kappa shape index (κ1) is 19.7. The summed E-state index contributed by atoms with van der Waals surface area (Å²) >= 11 is 0.